The average molecular weight is 368 g/mol. The molecule has 106 valence electrons. The molecule has 2 aromatic carbocycles. The van der Waals surface area contributed by atoms with E-state index in [4.69, 9.17) is 11.6 Å². The highest BCUT2D eigenvalue weighted by atomic mass is 79.9. The van der Waals surface area contributed by atoms with Crippen LogP contribution >= 0.6 is 27.5 Å². The van der Waals surface area contributed by atoms with Crippen LogP contribution in [0.1, 0.15) is 5.56 Å². The lowest BCUT2D eigenvalue weighted by Crippen LogP contribution is -2.21. The van der Waals surface area contributed by atoms with Gasteiger partial charge in [-0.25, -0.2) is 9.37 Å². The highest BCUT2D eigenvalue weighted by Crippen LogP contribution is 2.17. The van der Waals surface area contributed by atoms with Crippen LogP contribution in [0, 0.1) is 5.82 Å². The number of aromatic nitrogens is 2. The van der Waals surface area contributed by atoms with Crippen molar-refractivity contribution in [3.8, 4) is 0 Å². The minimum atomic E-state index is -0.500. The SMILES string of the molecule is O=c1c2ccc(Br)cc2ncn1Cc1ccc(Cl)c(F)c1. The van der Waals surface area contributed by atoms with E-state index in [2.05, 4.69) is 20.9 Å². The number of hydrogen-bond acceptors (Lipinski definition) is 2. The van der Waals surface area contributed by atoms with Gasteiger partial charge in [-0.2, -0.15) is 0 Å². The van der Waals surface area contributed by atoms with Crippen LogP contribution in [0.25, 0.3) is 10.9 Å². The van der Waals surface area contributed by atoms with Gasteiger partial charge in [-0.15, -0.1) is 0 Å². The van der Waals surface area contributed by atoms with Crippen molar-refractivity contribution >= 4 is 38.4 Å². The van der Waals surface area contributed by atoms with Gasteiger partial charge < -0.3 is 0 Å². The van der Waals surface area contributed by atoms with Crippen LogP contribution in [-0.2, 0) is 6.54 Å². The maximum atomic E-state index is 13.4. The van der Waals surface area contributed by atoms with Crippen molar-refractivity contribution < 1.29 is 4.39 Å². The summed E-state index contributed by atoms with van der Waals surface area (Å²) in [5.74, 6) is -0.500. The van der Waals surface area contributed by atoms with Crippen molar-refractivity contribution in [1.82, 2.24) is 9.55 Å². The fraction of sp³-hybridized carbons (Fsp3) is 0.0667. The van der Waals surface area contributed by atoms with Gasteiger partial charge in [0.2, 0.25) is 0 Å². The summed E-state index contributed by atoms with van der Waals surface area (Å²) in [4.78, 5) is 16.6. The minimum Gasteiger partial charge on any atom is -0.294 e. The summed E-state index contributed by atoms with van der Waals surface area (Å²) in [6, 6.07) is 9.77. The van der Waals surface area contributed by atoms with E-state index in [-0.39, 0.29) is 17.1 Å². The Kier molecular flexibility index (Phi) is 3.78. The van der Waals surface area contributed by atoms with Crippen molar-refractivity contribution in [2.24, 2.45) is 0 Å². The van der Waals surface area contributed by atoms with E-state index in [1.165, 1.54) is 23.0 Å². The average Bonchev–Trinajstić information content (AvgIpc) is 2.46. The second-order valence-corrected chi connectivity index (χ2v) is 5.91. The first kappa shape index (κ1) is 14.2. The normalized spacial score (nSPS) is 11.0. The lowest BCUT2D eigenvalue weighted by molar-refractivity contribution is 0.623. The van der Waals surface area contributed by atoms with Gasteiger partial charge in [-0.3, -0.25) is 9.36 Å². The van der Waals surface area contributed by atoms with E-state index in [0.29, 0.717) is 16.5 Å². The first-order valence-corrected chi connectivity index (χ1v) is 7.30. The molecule has 0 aliphatic rings. The predicted molar refractivity (Wildman–Crippen MR) is 84.2 cm³/mol. The highest BCUT2D eigenvalue weighted by Gasteiger charge is 2.07. The fourth-order valence-corrected chi connectivity index (χ4v) is 2.55. The Bertz CT molecular complexity index is 894. The number of benzene rings is 2. The van der Waals surface area contributed by atoms with E-state index < -0.39 is 5.82 Å². The topological polar surface area (TPSA) is 34.9 Å². The van der Waals surface area contributed by atoms with Crippen LogP contribution in [0.2, 0.25) is 5.02 Å². The van der Waals surface area contributed by atoms with Crippen molar-refractivity contribution in [2.75, 3.05) is 0 Å². The molecule has 0 aliphatic carbocycles. The van der Waals surface area contributed by atoms with Crippen molar-refractivity contribution in [3.05, 3.63) is 74.0 Å². The van der Waals surface area contributed by atoms with Crippen LogP contribution in [0.4, 0.5) is 4.39 Å². The Morgan fingerprint density at radius 2 is 2.05 bits per heavy atom. The summed E-state index contributed by atoms with van der Waals surface area (Å²) >= 11 is 8.99. The quantitative estimate of drug-likeness (QED) is 0.686. The maximum absolute atomic E-state index is 13.4. The zero-order chi connectivity index (χ0) is 15.0. The molecule has 0 bridgehead atoms. The second-order valence-electron chi connectivity index (χ2n) is 4.59. The molecule has 0 amide bonds. The Morgan fingerprint density at radius 3 is 2.81 bits per heavy atom. The summed E-state index contributed by atoms with van der Waals surface area (Å²) in [5.41, 5.74) is 1.10. The molecule has 0 unspecified atom stereocenters. The molecule has 0 aliphatic heterocycles. The first-order valence-electron chi connectivity index (χ1n) is 6.13. The van der Waals surface area contributed by atoms with Crippen molar-refractivity contribution in [1.29, 1.82) is 0 Å². The molecule has 0 radical (unpaired) electrons. The van der Waals surface area contributed by atoms with E-state index in [0.717, 1.165) is 4.47 Å². The molecule has 3 rings (SSSR count). The van der Waals surface area contributed by atoms with Crippen molar-refractivity contribution in [3.63, 3.8) is 0 Å². The monoisotopic (exact) mass is 366 g/mol. The van der Waals surface area contributed by atoms with Crippen LogP contribution < -0.4 is 5.56 Å². The zero-order valence-corrected chi connectivity index (χ0v) is 13.0. The summed E-state index contributed by atoms with van der Waals surface area (Å²) in [5, 5.41) is 0.586. The Hall–Kier alpha value is -1.72. The third-order valence-corrected chi connectivity index (χ3v) is 3.92. The third kappa shape index (κ3) is 2.84. The second kappa shape index (κ2) is 5.58. The minimum absolute atomic E-state index is 0.0626. The smallest absolute Gasteiger partial charge is 0.261 e. The molecule has 0 atom stereocenters. The van der Waals surface area contributed by atoms with E-state index >= 15 is 0 Å². The summed E-state index contributed by atoms with van der Waals surface area (Å²) in [6.45, 7) is 0.242. The van der Waals surface area contributed by atoms with E-state index in [1.54, 1.807) is 24.3 Å². The fourth-order valence-electron chi connectivity index (χ4n) is 2.08. The van der Waals surface area contributed by atoms with Crippen LogP contribution in [-0.4, -0.2) is 9.55 Å². The molecular formula is C15H9BrClFN2O. The molecular weight excluding hydrogens is 359 g/mol. The molecule has 1 aromatic heterocycles. The number of fused-ring (bicyclic) bond motifs is 1. The Balaban J connectivity index is 2.05. The van der Waals surface area contributed by atoms with Crippen molar-refractivity contribution in [2.45, 2.75) is 6.54 Å². The Morgan fingerprint density at radius 1 is 1.24 bits per heavy atom. The predicted octanol–water partition coefficient (Wildman–Crippen LogP) is 4.00. The molecule has 1 heterocycles. The van der Waals surface area contributed by atoms with Crippen LogP contribution in [0.15, 0.2) is 52.0 Å². The van der Waals surface area contributed by atoms with E-state index in [9.17, 15) is 9.18 Å². The van der Waals surface area contributed by atoms with Crippen LogP contribution in [0.3, 0.4) is 0 Å². The van der Waals surface area contributed by atoms with Gasteiger partial charge >= 0.3 is 0 Å². The molecule has 6 heteroatoms. The molecule has 21 heavy (non-hydrogen) atoms. The number of nitrogens with zero attached hydrogens (tertiary/aromatic N) is 2. The van der Waals surface area contributed by atoms with Gasteiger partial charge in [-0.05, 0) is 35.9 Å². The molecule has 0 saturated carbocycles. The van der Waals surface area contributed by atoms with Gasteiger partial charge in [0.05, 0.1) is 28.8 Å². The lowest BCUT2D eigenvalue weighted by Gasteiger charge is -2.07. The van der Waals surface area contributed by atoms with Gasteiger partial charge in [-0.1, -0.05) is 33.6 Å². The first-order chi connectivity index (χ1) is 10.0. The van der Waals surface area contributed by atoms with Gasteiger partial charge in [0.25, 0.3) is 5.56 Å². The molecule has 3 nitrogen and oxygen atoms in total. The van der Waals surface area contributed by atoms with Gasteiger partial charge in [0, 0.05) is 4.47 Å². The van der Waals surface area contributed by atoms with E-state index in [1.807, 2.05) is 0 Å². The molecule has 0 N–H and O–H groups in total. The number of hydrogen-bond donors (Lipinski definition) is 0. The largest absolute Gasteiger partial charge is 0.294 e. The lowest BCUT2D eigenvalue weighted by atomic mass is 10.2. The zero-order valence-electron chi connectivity index (χ0n) is 10.7. The van der Waals surface area contributed by atoms with Crippen LogP contribution in [0.5, 0.6) is 0 Å². The van der Waals surface area contributed by atoms with Gasteiger partial charge in [0.1, 0.15) is 5.82 Å². The molecule has 0 fully saturated rings. The standard InChI is InChI=1S/C15H9BrClFN2O/c16-10-2-3-11-14(6-10)19-8-20(15(11)21)7-9-1-4-12(17)13(18)5-9/h1-6,8H,7H2. The van der Waals surface area contributed by atoms with Gasteiger partial charge in [0.15, 0.2) is 0 Å². The maximum Gasteiger partial charge on any atom is 0.261 e. The molecule has 0 saturated heterocycles. The highest BCUT2D eigenvalue weighted by molar-refractivity contribution is 9.10. The number of halogens is 3. The Labute approximate surface area is 133 Å². The third-order valence-electron chi connectivity index (χ3n) is 3.12. The molecule has 0 spiro atoms. The summed E-state index contributed by atoms with van der Waals surface area (Å²) in [6.07, 6.45) is 1.46. The molecule has 3 aromatic rings. The number of rotatable bonds is 2. The summed E-state index contributed by atoms with van der Waals surface area (Å²) in [7, 11) is 0. The summed E-state index contributed by atoms with van der Waals surface area (Å²) < 4.78 is 15.7.